The van der Waals surface area contributed by atoms with E-state index in [4.69, 9.17) is 0 Å². The van der Waals surface area contributed by atoms with Crippen LogP contribution < -0.4 is 4.46 Å². The van der Waals surface area contributed by atoms with Crippen LogP contribution in [0.4, 0.5) is 0 Å². The van der Waals surface area contributed by atoms with Crippen molar-refractivity contribution < 1.29 is 0 Å². The summed E-state index contributed by atoms with van der Waals surface area (Å²) in [5, 5.41) is 0. The Bertz CT molecular complexity index is 549. The Morgan fingerprint density at radius 2 is 1.89 bits per heavy atom. The molecule has 0 aliphatic carbocycles. The summed E-state index contributed by atoms with van der Waals surface area (Å²) in [5.41, 5.74) is 2.42. The van der Waals surface area contributed by atoms with Crippen LogP contribution in [0.15, 0.2) is 58.8 Å². The molecule has 0 bridgehead atoms. The van der Waals surface area contributed by atoms with E-state index in [0.29, 0.717) is 15.0 Å². The summed E-state index contributed by atoms with van der Waals surface area (Å²) in [7, 11) is 0. The molecule has 18 heavy (non-hydrogen) atoms. The minimum atomic E-state index is 0.343. The first-order valence-electron chi connectivity index (χ1n) is 5.48. The molecule has 0 spiro atoms. The van der Waals surface area contributed by atoms with E-state index in [1.54, 1.807) is 6.20 Å². The number of pyridine rings is 1. The van der Waals surface area contributed by atoms with Crippen molar-refractivity contribution in [3.63, 3.8) is 0 Å². The molecular weight excluding hydrogens is 353 g/mol. The Hall–Kier alpha value is -1.15. The topological polar surface area (TPSA) is 12.9 Å². The predicted octanol–water partition coefficient (Wildman–Crippen LogP) is 3.45. The maximum absolute atomic E-state index is 4.12. The van der Waals surface area contributed by atoms with Gasteiger partial charge in [-0.15, -0.1) is 0 Å². The van der Waals surface area contributed by atoms with Gasteiger partial charge >= 0.3 is 122 Å². The van der Waals surface area contributed by atoms with Gasteiger partial charge in [0.05, 0.1) is 0 Å². The maximum atomic E-state index is 4.12. The number of nitrogens with zero attached hydrogens (tertiary/aromatic N) is 1. The van der Waals surface area contributed by atoms with Gasteiger partial charge in [-0.2, -0.15) is 0 Å². The molecule has 1 aromatic heterocycles. The van der Waals surface area contributed by atoms with Gasteiger partial charge in [0.2, 0.25) is 0 Å². The van der Waals surface area contributed by atoms with Gasteiger partial charge in [-0.3, -0.25) is 0 Å². The molecule has 0 aliphatic rings. The fraction of sp³-hybridized carbons (Fsp3) is 0. The first-order valence-corrected chi connectivity index (χ1v) is 8.25. The van der Waals surface area contributed by atoms with E-state index in [2.05, 4.69) is 62.3 Å². The summed E-state index contributed by atoms with van der Waals surface area (Å²) < 4.78 is 1.29. The van der Waals surface area contributed by atoms with E-state index in [-0.39, 0.29) is 0 Å². The van der Waals surface area contributed by atoms with Crippen molar-refractivity contribution in [3.05, 3.63) is 69.9 Å². The first kappa shape index (κ1) is 13.3. The zero-order valence-electron chi connectivity index (χ0n) is 9.66. The first-order chi connectivity index (χ1) is 8.88. The Balaban J connectivity index is 2.03. The van der Waals surface area contributed by atoms with Gasteiger partial charge in [-0.25, -0.2) is 0 Å². The molecule has 90 valence electrons. The average Bonchev–Trinajstić information content (AvgIpc) is 2.41. The third kappa shape index (κ3) is 4.26. The van der Waals surface area contributed by atoms with Crippen molar-refractivity contribution in [3.8, 4) is 0 Å². The molecule has 1 nitrogen and oxygen atoms in total. The minimum absolute atomic E-state index is 0.343. The van der Waals surface area contributed by atoms with Crippen molar-refractivity contribution in [1.29, 1.82) is 0 Å². The van der Waals surface area contributed by atoms with E-state index in [1.807, 2.05) is 23.3 Å². The molecule has 3 heteroatoms. The number of hydrogen-bond acceptors (Lipinski definition) is 1. The second-order valence-corrected chi connectivity index (χ2v) is 6.16. The molecule has 2 aromatic rings. The van der Waals surface area contributed by atoms with Gasteiger partial charge in [0.15, 0.2) is 0 Å². The number of hydrogen-bond donors (Lipinski definition) is 0. The van der Waals surface area contributed by atoms with Crippen molar-refractivity contribution in [2.45, 2.75) is 0 Å². The van der Waals surface area contributed by atoms with E-state index >= 15 is 0 Å². The van der Waals surface area contributed by atoms with E-state index in [0.717, 1.165) is 0 Å². The van der Waals surface area contributed by atoms with Gasteiger partial charge in [-0.1, -0.05) is 0 Å². The SMILES string of the molecule is Br/C=C/c1cccc(/C=C/[Se]c2cccnc2)c1. The predicted molar refractivity (Wildman–Crippen MR) is 83.1 cm³/mol. The summed E-state index contributed by atoms with van der Waals surface area (Å²) in [6.07, 6.45) is 7.93. The van der Waals surface area contributed by atoms with Crippen LogP contribution in [-0.2, 0) is 0 Å². The Labute approximate surface area is 122 Å². The zero-order valence-corrected chi connectivity index (χ0v) is 13.0. The van der Waals surface area contributed by atoms with Gasteiger partial charge < -0.3 is 0 Å². The molecule has 0 saturated heterocycles. The quantitative estimate of drug-likeness (QED) is 0.757. The van der Waals surface area contributed by atoms with Crippen LogP contribution in [0.25, 0.3) is 12.2 Å². The molecule has 0 amide bonds. The molecule has 0 radical (unpaired) electrons. The molecule has 0 fully saturated rings. The summed E-state index contributed by atoms with van der Waals surface area (Å²) in [6, 6.07) is 12.5. The molecule has 0 aliphatic heterocycles. The second-order valence-electron chi connectivity index (χ2n) is 3.57. The van der Waals surface area contributed by atoms with Gasteiger partial charge in [0, 0.05) is 0 Å². The number of benzene rings is 1. The molecule has 1 heterocycles. The Morgan fingerprint density at radius 1 is 1.06 bits per heavy atom. The van der Waals surface area contributed by atoms with Crippen molar-refractivity contribution in [1.82, 2.24) is 4.98 Å². The molecule has 0 atom stereocenters. The zero-order chi connectivity index (χ0) is 12.6. The third-order valence-electron chi connectivity index (χ3n) is 2.27. The summed E-state index contributed by atoms with van der Waals surface area (Å²) in [4.78, 5) is 8.21. The Kier molecular flexibility index (Phi) is 5.40. The van der Waals surface area contributed by atoms with Gasteiger partial charge in [-0.05, 0) is 0 Å². The fourth-order valence-electron chi connectivity index (χ4n) is 1.45. The van der Waals surface area contributed by atoms with Crippen LogP contribution in [-0.4, -0.2) is 19.9 Å². The summed E-state index contributed by atoms with van der Waals surface area (Å²) in [5.74, 6) is 0. The molecule has 0 saturated carbocycles. The summed E-state index contributed by atoms with van der Waals surface area (Å²) in [6.45, 7) is 0. The summed E-state index contributed by atoms with van der Waals surface area (Å²) >= 11 is 3.63. The van der Waals surface area contributed by atoms with E-state index < -0.39 is 0 Å². The molecule has 2 rings (SSSR count). The number of halogens is 1. The molecular formula is C15H12BrNSe. The van der Waals surface area contributed by atoms with E-state index in [1.165, 1.54) is 15.6 Å². The van der Waals surface area contributed by atoms with Crippen molar-refractivity contribution >= 4 is 47.5 Å². The van der Waals surface area contributed by atoms with Crippen LogP contribution in [0.3, 0.4) is 0 Å². The monoisotopic (exact) mass is 365 g/mol. The van der Waals surface area contributed by atoms with Crippen LogP contribution in [0.2, 0.25) is 0 Å². The van der Waals surface area contributed by atoms with Crippen molar-refractivity contribution in [2.24, 2.45) is 0 Å². The second kappa shape index (κ2) is 7.32. The van der Waals surface area contributed by atoms with Crippen LogP contribution in [0.1, 0.15) is 11.1 Å². The molecule has 0 unspecified atom stereocenters. The van der Waals surface area contributed by atoms with E-state index in [9.17, 15) is 0 Å². The van der Waals surface area contributed by atoms with Gasteiger partial charge in [0.25, 0.3) is 0 Å². The van der Waals surface area contributed by atoms with Crippen LogP contribution in [0, 0.1) is 0 Å². The van der Waals surface area contributed by atoms with Crippen LogP contribution in [0.5, 0.6) is 0 Å². The molecule has 0 N–H and O–H groups in total. The van der Waals surface area contributed by atoms with Gasteiger partial charge in [0.1, 0.15) is 0 Å². The standard InChI is InChI=1S/C15H12BrNSe/c16-8-6-13-3-1-4-14(11-13)7-10-18-15-5-2-9-17-12-15/h1-12H/b8-6+,10-7+. The number of aromatic nitrogens is 1. The normalized spacial score (nSPS) is 11.4. The van der Waals surface area contributed by atoms with Crippen LogP contribution >= 0.6 is 15.9 Å². The number of rotatable bonds is 4. The molecule has 1 aromatic carbocycles. The third-order valence-corrected chi connectivity index (χ3v) is 4.18. The van der Waals surface area contributed by atoms with Crippen molar-refractivity contribution in [2.75, 3.05) is 0 Å². The average molecular weight is 365 g/mol. The Morgan fingerprint density at radius 3 is 2.61 bits per heavy atom. The fourth-order valence-corrected chi connectivity index (χ4v) is 3.14.